The molecule has 2 heterocycles. The minimum atomic E-state index is -0.320. The fourth-order valence-electron chi connectivity index (χ4n) is 4.62. The number of benzene rings is 2. The van der Waals surface area contributed by atoms with Crippen LogP contribution >= 0.6 is 0 Å². The molecule has 2 N–H and O–H groups in total. The summed E-state index contributed by atoms with van der Waals surface area (Å²) in [5, 5.41) is 13.5. The van der Waals surface area contributed by atoms with Crippen molar-refractivity contribution < 1.29 is 10.0 Å². The normalized spacial score (nSPS) is 14.5. The number of hydrogen-bond acceptors (Lipinski definition) is 6. The number of rotatable bonds is 4. The monoisotopic (exact) mass is 559 g/mol. The average Bonchev–Trinajstić information content (AvgIpc) is 2.97. The van der Waals surface area contributed by atoms with E-state index in [-0.39, 0.29) is 22.7 Å². The minimum absolute atomic E-state index is 0.00437. The first-order chi connectivity index (χ1) is 20.0. The number of allylic oxidation sites excluding steroid dienone is 8. The lowest BCUT2D eigenvalue weighted by Crippen LogP contribution is -2.18. The van der Waals surface area contributed by atoms with Crippen LogP contribution in [0.2, 0.25) is 0 Å². The Morgan fingerprint density at radius 2 is 1.57 bits per heavy atom. The summed E-state index contributed by atoms with van der Waals surface area (Å²) in [4.78, 5) is 35.2. The molecule has 2 aromatic carbocycles. The predicted octanol–water partition coefficient (Wildman–Crippen LogP) is 6.53. The standard InChI is InChI=1S/C34H33N5O3/c1-22-28(7-6-8-29(22)37-32(40)25-9-13-26(14-10-25)34(2,3)4)30-21-38(5)33(41)31(36-30)35-27-15-11-23(12-16-27)24-17-19-39(42)20-18-24/h6-21,42H,1-5H3,(H,37,40). The Morgan fingerprint density at radius 1 is 0.929 bits per heavy atom. The number of aliphatic imine (C=N–C) groups is 1. The van der Waals surface area contributed by atoms with Gasteiger partial charge >= 0.3 is 0 Å². The van der Waals surface area contributed by atoms with E-state index in [1.165, 1.54) is 4.57 Å². The Hall–Kier alpha value is -5.08. The zero-order valence-electron chi connectivity index (χ0n) is 24.3. The highest BCUT2D eigenvalue weighted by Gasteiger charge is 2.17. The summed E-state index contributed by atoms with van der Waals surface area (Å²) in [5.41, 5.74) is 6.72. The van der Waals surface area contributed by atoms with Crippen molar-refractivity contribution in [2.75, 3.05) is 5.32 Å². The SMILES string of the molecule is Cc1c(NC(=O)c2ccc(C(C)(C)C)cc2)cccc1-c1cn(C)c(=O)c(N=C2C=CC(=C3C=CN(O)C=C3)C=C2)n1. The predicted molar refractivity (Wildman–Crippen MR) is 167 cm³/mol. The van der Waals surface area contributed by atoms with Crippen LogP contribution in [0.15, 0.2) is 118 Å². The Balaban J connectivity index is 1.41. The molecule has 3 aromatic rings. The van der Waals surface area contributed by atoms with Gasteiger partial charge in [0.2, 0.25) is 5.82 Å². The molecule has 0 radical (unpaired) electrons. The number of hydrogen-bond donors (Lipinski definition) is 2. The molecule has 0 bridgehead atoms. The molecule has 8 heteroatoms. The first-order valence-corrected chi connectivity index (χ1v) is 13.6. The van der Waals surface area contributed by atoms with Crippen LogP contribution in [0.5, 0.6) is 0 Å². The Kier molecular flexibility index (Phi) is 7.74. The maximum absolute atomic E-state index is 13.1. The van der Waals surface area contributed by atoms with Gasteiger partial charge < -0.3 is 9.88 Å². The van der Waals surface area contributed by atoms with E-state index < -0.39 is 0 Å². The minimum Gasteiger partial charge on any atom is -0.322 e. The van der Waals surface area contributed by atoms with Gasteiger partial charge in [0, 0.05) is 42.5 Å². The van der Waals surface area contributed by atoms with Crippen molar-refractivity contribution in [3.63, 3.8) is 0 Å². The molecule has 5 rings (SSSR count). The number of aryl methyl sites for hydroxylation is 1. The van der Waals surface area contributed by atoms with E-state index >= 15 is 0 Å². The molecular formula is C34H33N5O3. The van der Waals surface area contributed by atoms with Gasteiger partial charge in [-0.1, -0.05) is 57.2 Å². The summed E-state index contributed by atoms with van der Waals surface area (Å²) in [6, 6.07) is 13.3. The van der Waals surface area contributed by atoms with Gasteiger partial charge in [-0.2, -0.15) is 0 Å². The fourth-order valence-corrected chi connectivity index (χ4v) is 4.62. The first-order valence-electron chi connectivity index (χ1n) is 13.6. The quantitative estimate of drug-likeness (QED) is 0.379. The first kappa shape index (κ1) is 28.4. The summed E-state index contributed by atoms with van der Waals surface area (Å²) < 4.78 is 1.46. The molecule has 1 amide bonds. The number of amides is 1. The third-order valence-electron chi connectivity index (χ3n) is 7.17. The Morgan fingerprint density at radius 3 is 2.21 bits per heavy atom. The molecule has 0 saturated carbocycles. The summed E-state index contributed by atoms with van der Waals surface area (Å²) in [6.45, 7) is 8.32. The van der Waals surface area contributed by atoms with Gasteiger partial charge in [-0.3, -0.25) is 14.8 Å². The van der Waals surface area contributed by atoms with E-state index in [0.717, 1.165) is 32.9 Å². The van der Waals surface area contributed by atoms with Gasteiger partial charge in [-0.25, -0.2) is 15.0 Å². The number of aromatic nitrogens is 2. The molecule has 1 aromatic heterocycles. The summed E-state index contributed by atoms with van der Waals surface area (Å²) in [7, 11) is 1.67. The van der Waals surface area contributed by atoms with Crippen LogP contribution in [0.25, 0.3) is 11.3 Å². The number of carbonyl (C=O) groups is 1. The van der Waals surface area contributed by atoms with Crippen LogP contribution in [0.1, 0.15) is 42.3 Å². The van der Waals surface area contributed by atoms with E-state index in [1.807, 2.05) is 73.7 Å². The van der Waals surface area contributed by atoms with Crippen molar-refractivity contribution in [1.29, 1.82) is 0 Å². The second-order valence-electron chi connectivity index (χ2n) is 11.3. The van der Waals surface area contributed by atoms with Crippen LogP contribution in [0, 0.1) is 6.92 Å². The molecule has 212 valence electrons. The molecule has 0 fully saturated rings. The van der Waals surface area contributed by atoms with Crippen molar-refractivity contribution in [3.8, 4) is 11.3 Å². The topological polar surface area (TPSA) is 99.8 Å². The van der Waals surface area contributed by atoms with Crippen LogP contribution in [-0.2, 0) is 12.5 Å². The Labute approximate surface area is 245 Å². The maximum Gasteiger partial charge on any atom is 0.295 e. The van der Waals surface area contributed by atoms with Gasteiger partial charge in [0.25, 0.3) is 11.5 Å². The van der Waals surface area contributed by atoms with Gasteiger partial charge in [-0.05, 0) is 77.1 Å². The van der Waals surface area contributed by atoms with Crippen LogP contribution in [0.4, 0.5) is 11.5 Å². The zero-order chi connectivity index (χ0) is 30.0. The lowest BCUT2D eigenvalue weighted by atomic mass is 9.86. The van der Waals surface area contributed by atoms with Crippen molar-refractivity contribution in [1.82, 2.24) is 14.6 Å². The molecule has 1 aliphatic carbocycles. The molecular weight excluding hydrogens is 526 g/mol. The number of hydroxylamine groups is 2. The van der Waals surface area contributed by atoms with E-state index in [4.69, 9.17) is 0 Å². The van der Waals surface area contributed by atoms with Gasteiger partial charge in [0.15, 0.2) is 0 Å². The summed E-state index contributed by atoms with van der Waals surface area (Å²) >= 11 is 0. The molecule has 0 atom stereocenters. The highest BCUT2D eigenvalue weighted by Crippen LogP contribution is 2.29. The van der Waals surface area contributed by atoms with E-state index in [0.29, 0.717) is 22.7 Å². The largest absolute Gasteiger partial charge is 0.322 e. The second-order valence-corrected chi connectivity index (χ2v) is 11.3. The van der Waals surface area contributed by atoms with E-state index in [1.54, 1.807) is 37.8 Å². The van der Waals surface area contributed by atoms with Crippen molar-refractivity contribution in [2.45, 2.75) is 33.1 Å². The fraction of sp³-hybridized carbons (Fsp3) is 0.176. The van der Waals surface area contributed by atoms with Gasteiger partial charge in [0.05, 0.1) is 11.4 Å². The maximum atomic E-state index is 13.1. The van der Waals surface area contributed by atoms with Gasteiger partial charge in [-0.15, -0.1) is 0 Å². The third kappa shape index (κ3) is 6.14. The molecule has 2 aliphatic rings. The number of nitrogens with one attached hydrogen (secondary N) is 1. The zero-order valence-corrected chi connectivity index (χ0v) is 24.3. The molecule has 0 saturated heterocycles. The molecule has 8 nitrogen and oxygen atoms in total. The van der Waals surface area contributed by atoms with Crippen molar-refractivity contribution in [2.24, 2.45) is 12.0 Å². The highest BCUT2D eigenvalue weighted by atomic mass is 16.5. The van der Waals surface area contributed by atoms with Crippen LogP contribution in [-0.4, -0.2) is 31.4 Å². The van der Waals surface area contributed by atoms with Crippen LogP contribution < -0.4 is 10.9 Å². The second kappa shape index (κ2) is 11.4. The summed E-state index contributed by atoms with van der Waals surface area (Å²) in [5.74, 6) is -0.133. The number of nitrogens with zero attached hydrogens (tertiary/aromatic N) is 4. The lowest BCUT2D eigenvalue weighted by molar-refractivity contribution is 0.0105. The number of anilines is 1. The highest BCUT2D eigenvalue weighted by molar-refractivity contribution is 6.07. The lowest BCUT2D eigenvalue weighted by Gasteiger charge is -2.19. The van der Waals surface area contributed by atoms with E-state index in [9.17, 15) is 14.8 Å². The molecule has 42 heavy (non-hydrogen) atoms. The third-order valence-corrected chi connectivity index (χ3v) is 7.17. The molecule has 0 unspecified atom stereocenters. The molecule has 0 spiro atoms. The number of carbonyl (C=O) groups excluding carboxylic acids is 1. The van der Waals surface area contributed by atoms with Crippen molar-refractivity contribution >= 4 is 23.1 Å². The van der Waals surface area contributed by atoms with E-state index in [2.05, 4.69) is 36.1 Å². The molecule has 1 aliphatic heterocycles. The van der Waals surface area contributed by atoms with Crippen molar-refractivity contribution in [3.05, 3.63) is 136 Å². The average molecular weight is 560 g/mol. The smallest absolute Gasteiger partial charge is 0.295 e. The van der Waals surface area contributed by atoms with Crippen LogP contribution in [0.3, 0.4) is 0 Å². The summed E-state index contributed by atoms with van der Waals surface area (Å²) in [6.07, 6.45) is 15.8. The Bertz CT molecular complexity index is 1760. The van der Waals surface area contributed by atoms with Gasteiger partial charge in [0.1, 0.15) is 0 Å².